The van der Waals surface area contributed by atoms with Crippen LogP contribution in [0, 0.1) is 0 Å². The molecule has 2 amide bonds. The standard InChI is InChI=1S/C16H18N4O2S.ClH/c17-7-5-14-19-12(10-23-14)16(22)18-9-15(21)20-8-6-11-3-1-2-4-13(11)20;/h1-4,10H,5-9,17H2,(H,18,22);1H. The highest BCUT2D eigenvalue weighted by atomic mass is 35.5. The van der Waals surface area contributed by atoms with E-state index in [1.807, 2.05) is 24.3 Å². The van der Waals surface area contributed by atoms with Gasteiger partial charge < -0.3 is 16.0 Å². The number of nitrogens with zero attached hydrogens (tertiary/aromatic N) is 2. The third-order valence-electron chi connectivity index (χ3n) is 3.73. The Morgan fingerprint density at radius 1 is 1.33 bits per heavy atom. The monoisotopic (exact) mass is 366 g/mol. The molecule has 0 atom stereocenters. The zero-order valence-corrected chi connectivity index (χ0v) is 14.7. The highest BCUT2D eigenvalue weighted by Crippen LogP contribution is 2.27. The minimum Gasteiger partial charge on any atom is -0.342 e. The summed E-state index contributed by atoms with van der Waals surface area (Å²) in [6.45, 7) is 1.13. The number of rotatable bonds is 5. The van der Waals surface area contributed by atoms with Crippen LogP contribution in [0.3, 0.4) is 0 Å². The number of para-hydroxylation sites is 1. The van der Waals surface area contributed by atoms with Crippen LogP contribution in [0.25, 0.3) is 0 Å². The lowest BCUT2D eigenvalue weighted by Crippen LogP contribution is -2.39. The third kappa shape index (κ3) is 3.92. The Bertz CT molecular complexity index is 734. The topological polar surface area (TPSA) is 88.3 Å². The molecule has 0 unspecified atom stereocenters. The molecule has 3 rings (SSSR count). The Kier molecular flexibility index (Phi) is 6.30. The molecule has 1 aliphatic rings. The van der Waals surface area contributed by atoms with E-state index in [0.717, 1.165) is 22.7 Å². The summed E-state index contributed by atoms with van der Waals surface area (Å²) in [5.41, 5.74) is 7.91. The van der Waals surface area contributed by atoms with Gasteiger partial charge in [0.15, 0.2) is 0 Å². The van der Waals surface area contributed by atoms with Gasteiger partial charge in [0.25, 0.3) is 5.91 Å². The largest absolute Gasteiger partial charge is 0.342 e. The fraction of sp³-hybridized carbons (Fsp3) is 0.312. The Morgan fingerprint density at radius 3 is 2.92 bits per heavy atom. The summed E-state index contributed by atoms with van der Waals surface area (Å²) in [5, 5.41) is 5.17. The smallest absolute Gasteiger partial charge is 0.271 e. The average molecular weight is 367 g/mol. The van der Waals surface area contributed by atoms with Crippen molar-refractivity contribution in [2.45, 2.75) is 12.8 Å². The van der Waals surface area contributed by atoms with Gasteiger partial charge in [-0.15, -0.1) is 23.7 Å². The van der Waals surface area contributed by atoms with Gasteiger partial charge >= 0.3 is 0 Å². The first-order valence-corrected chi connectivity index (χ1v) is 8.38. The van der Waals surface area contributed by atoms with E-state index in [4.69, 9.17) is 5.73 Å². The fourth-order valence-corrected chi connectivity index (χ4v) is 3.39. The number of anilines is 1. The summed E-state index contributed by atoms with van der Waals surface area (Å²) in [6, 6.07) is 7.84. The van der Waals surface area contributed by atoms with Crippen molar-refractivity contribution in [3.8, 4) is 0 Å². The molecule has 0 saturated carbocycles. The van der Waals surface area contributed by atoms with Gasteiger partial charge in [0.1, 0.15) is 5.69 Å². The van der Waals surface area contributed by atoms with E-state index in [2.05, 4.69) is 10.3 Å². The van der Waals surface area contributed by atoms with Crippen molar-refractivity contribution in [1.82, 2.24) is 10.3 Å². The van der Waals surface area contributed by atoms with Crippen LogP contribution in [0.1, 0.15) is 21.1 Å². The van der Waals surface area contributed by atoms with E-state index in [9.17, 15) is 9.59 Å². The molecule has 1 aromatic carbocycles. The number of aromatic nitrogens is 1. The number of hydrogen-bond donors (Lipinski definition) is 2. The highest BCUT2D eigenvalue weighted by molar-refractivity contribution is 7.09. The molecular formula is C16H19ClN4O2S. The van der Waals surface area contributed by atoms with Crippen molar-refractivity contribution < 1.29 is 9.59 Å². The van der Waals surface area contributed by atoms with Gasteiger partial charge in [-0.1, -0.05) is 18.2 Å². The molecule has 0 spiro atoms. The molecule has 0 bridgehead atoms. The van der Waals surface area contributed by atoms with Crippen LogP contribution in [0.4, 0.5) is 5.69 Å². The molecule has 128 valence electrons. The van der Waals surface area contributed by atoms with E-state index in [0.29, 0.717) is 25.2 Å². The molecule has 8 heteroatoms. The fourth-order valence-electron chi connectivity index (χ4n) is 2.59. The van der Waals surface area contributed by atoms with Gasteiger partial charge in [-0.25, -0.2) is 4.98 Å². The molecule has 2 aromatic rings. The lowest BCUT2D eigenvalue weighted by Gasteiger charge is -2.17. The number of nitrogens with one attached hydrogen (secondary N) is 1. The van der Waals surface area contributed by atoms with Gasteiger partial charge in [-0.2, -0.15) is 0 Å². The summed E-state index contributed by atoms with van der Waals surface area (Å²) in [5.74, 6) is -0.439. The first kappa shape index (κ1) is 18.4. The number of carbonyl (C=O) groups excluding carboxylic acids is 2. The van der Waals surface area contributed by atoms with Crippen LogP contribution >= 0.6 is 23.7 Å². The molecule has 1 aromatic heterocycles. The SMILES string of the molecule is Cl.NCCc1nc(C(=O)NCC(=O)N2CCc3ccccc32)cs1. The first-order valence-electron chi connectivity index (χ1n) is 7.50. The number of carbonyl (C=O) groups is 2. The molecular weight excluding hydrogens is 348 g/mol. The molecule has 2 heterocycles. The van der Waals surface area contributed by atoms with E-state index in [-0.39, 0.29) is 30.8 Å². The first-order chi connectivity index (χ1) is 11.2. The van der Waals surface area contributed by atoms with E-state index >= 15 is 0 Å². The maximum atomic E-state index is 12.3. The average Bonchev–Trinajstić information content (AvgIpc) is 3.19. The van der Waals surface area contributed by atoms with Gasteiger partial charge in [0.05, 0.1) is 11.6 Å². The quantitative estimate of drug-likeness (QED) is 0.836. The molecule has 3 N–H and O–H groups in total. The van der Waals surface area contributed by atoms with Crippen molar-refractivity contribution in [3.63, 3.8) is 0 Å². The van der Waals surface area contributed by atoms with Crippen LogP contribution in [0.5, 0.6) is 0 Å². The van der Waals surface area contributed by atoms with E-state index in [1.54, 1.807) is 10.3 Å². The van der Waals surface area contributed by atoms with Gasteiger partial charge in [-0.3, -0.25) is 9.59 Å². The second-order valence-corrected chi connectivity index (χ2v) is 6.21. The maximum Gasteiger partial charge on any atom is 0.271 e. The van der Waals surface area contributed by atoms with Crippen LogP contribution in [0.2, 0.25) is 0 Å². The second kappa shape index (κ2) is 8.23. The minimum absolute atomic E-state index is 0. The molecule has 0 radical (unpaired) electrons. The van der Waals surface area contributed by atoms with Crippen LogP contribution in [-0.2, 0) is 17.6 Å². The summed E-state index contributed by atoms with van der Waals surface area (Å²) in [6.07, 6.45) is 1.51. The lowest BCUT2D eigenvalue weighted by molar-refractivity contribution is -0.117. The van der Waals surface area contributed by atoms with Crippen molar-refractivity contribution >= 4 is 41.2 Å². The summed E-state index contributed by atoms with van der Waals surface area (Å²) in [4.78, 5) is 30.3. The Balaban J connectivity index is 0.00000208. The number of benzene rings is 1. The Morgan fingerprint density at radius 2 is 2.12 bits per heavy atom. The molecule has 1 aliphatic heterocycles. The van der Waals surface area contributed by atoms with E-state index < -0.39 is 0 Å². The second-order valence-electron chi connectivity index (χ2n) is 5.27. The number of halogens is 1. The van der Waals surface area contributed by atoms with Crippen LogP contribution in [0.15, 0.2) is 29.6 Å². The predicted octanol–water partition coefficient (Wildman–Crippen LogP) is 1.39. The predicted molar refractivity (Wildman–Crippen MR) is 97.0 cm³/mol. The zero-order valence-electron chi connectivity index (χ0n) is 13.0. The summed E-state index contributed by atoms with van der Waals surface area (Å²) < 4.78 is 0. The number of amides is 2. The molecule has 6 nitrogen and oxygen atoms in total. The van der Waals surface area contributed by atoms with Crippen molar-refractivity contribution in [2.24, 2.45) is 5.73 Å². The summed E-state index contributed by atoms with van der Waals surface area (Å²) in [7, 11) is 0. The van der Waals surface area contributed by atoms with Crippen LogP contribution in [-0.4, -0.2) is 36.4 Å². The normalized spacial score (nSPS) is 12.5. The Labute approximate surface area is 150 Å². The Hall–Kier alpha value is -1.96. The third-order valence-corrected chi connectivity index (χ3v) is 4.64. The van der Waals surface area contributed by atoms with Crippen molar-refractivity contribution in [2.75, 3.05) is 24.5 Å². The van der Waals surface area contributed by atoms with Gasteiger partial charge in [0.2, 0.25) is 5.91 Å². The number of thiazole rings is 1. The number of fused-ring (bicyclic) bond motifs is 1. The van der Waals surface area contributed by atoms with Crippen molar-refractivity contribution in [3.05, 3.63) is 45.9 Å². The molecule has 0 fully saturated rings. The lowest BCUT2D eigenvalue weighted by atomic mass is 10.2. The minimum atomic E-state index is -0.328. The zero-order chi connectivity index (χ0) is 16.2. The molecule has 0 saturated heterocycles. The number of hydrogen-bond acceptors (Lipinski definition) is 5. The van der Waals surface area contributed by atoms with Gasteiger partial charge in [-0.05, 0) is 24.6 Å². The van der Waals surface area contributed by atoms with Crippen molar-refractivity contribution in [1.29, 1.82) is 0 Å². The molecule has 24 heavy (non-hydrogen) atoms. The van der Waals surface area contributed by atoms with Gasteiger partial charge in [0, 0.05) is 24.0 Å². The number of nitrogens with two attached hydrogens (primary N) is 1. The van der Waals surface area contributed by atoms with Crippen LogP contribution < -0.4 is 16.0 Å². The maximum absolute atomic E-state index is 12.3. The highest BCUT2D eigenvalue weighted by Gasteiger charge is 2.24. The van der Waals surface area contributed by atoms with E-state index in [1.165, 1.54) is 11.3 Å². The summed E-state index contributed by atoms with van der Waals surface area (Å²) >= 11 is 1.41. The molecule has 0 aliphatic carbocycles.